The number of thioether (sulfide) groups is 1. The van der Waals surface area contributed by atoms with Crippen molar-refractivity contribution in [2.24, 2.45) is 5.90 Å². The van der Waals surface area contributed by atoms with Crippen LogP contribution in [-0.2, 0) is 4.79 Å². The summed E-state index contributed by atoms with van der Waals surface area (Å²) in [5.74, 6) is 3.74. The van der Waals surface area contributed by atoms with E-state index in [1.54, 1.807) is 0 Å². The Balaban J connectivity index is 0.000000771. The minimum atomic E-state index is -0.729. The second kappa shape index (κ2) is 7.45. The molecule has 0 saturated carbocycles. The molecule has 0 aromatic heterocycles. The second-order valence-electron chi connectivity index (χ2n) is 4.26. The van der Waals surface area contributed by atoms with E-state index in [0.29, 0.717) is 5.25 Å². The first-order chi connectivity index (χ1) is 8.66. The molecule has 2 aliphatic rings. The van der Waals surface area contributed by atoms with Gasteiger partial charge in [0.2, 0.25) is 0 Å². The Hall–Kier alpha value is -0.990. The molecule has 3 atom stereocenters. The van der Waals surface area contributed by atoms with Gasteiger partial charge in [0, 0.05) is 17.4 Å². The number of carboxylic acid groups (broad SMARTS) is 1. The van der Waals surface area contributed by atoms with Gasteiger partial charge in [-0.3, -0.25) is 4.79 Å². The van der Waals surface area contributed by atoms with Gasteiger partial charge in [-0.1, -0.05) is 6.42 Å². The largest absolute Gasteiger partial charge is 0.481 e. The summed E-state index contributed by atoms with van der Waals surface area (Å²) in [6.07, 6.45) is 2.88. The maximum Gasteiger partial charge on any atom is 0.315 e. The number of fused-ring (bicyclic) bond motifs is 1. The highest BCUT2D eigenvalue weighted by atomic mass is 32.2. The molecule has 7 nitrogen and oxygen atoms in total. The van der Waals surface area contributed by atoms with Crippen molar-refractivity contribution in [3.05, 3.63) is 0 Å². The van der Waals surface area contributed by atoms with Gasteiger partial charge in [-0.25, -0.2) is 10.7 Å². The Bertz CT molecular complexity index is 303. The molecule has 0 unspecified atom stereocenters. The SMILES string of the molecule is NO.O=C(O)CCCC[C@@H]1SC[C@@H]2NC(=O)N[C@@H]21. The van der Waals surface area contributed by atoms with Crippen LogP contribution < -0.4 is 16.5 Å². The highest BCUT2D eigenvalue weighted by Crippen LogP contribution is 2.33. The number of carbonyl (C=O) groups excluding carboxylic acids is 1. The predicted molar refractivity (Wildman–Crippen MR) is 67.6 cm³/mol. The van der Waals surface area contributed by atoms with Gasteiger partial charge in [-0.2, -0.15) is 11.8 Å². The van der Waals surface area contributed by atoms with Gasteiger partial charge in [-0.15, -0.1) is 0 Å². The van der Waals surface area contributed by atoms with Gasteiger partial charge in [0.15, 0.2) is 0 Å². The minimum Gasteiger partial charge on any atom is -0.481 e. The van der Waals surface area contributed by atoms with Crippen molar-refractivity contribution in [1.82, 2.24) is 10.6 Å². The van der Waals surface area contributed by atoms with E-state index >= 15 is 0 Å². The highest BCUT2D eigenvalue weighted by Gasteiger charge is 2.42. The van der Waals surface area contributed by atoms with Crippen molar-refractivity contribution in [3.8, 4) is 0 Å². The first kappa shape index (κ1) is 15.1. The van der Waals surface area contributed by atoms with Crippen LogP contribution in [0.4, 0.5) is 4.79 Å². The highest BCUT2D eigenvalue weighted by molar-refractivity contribution is 8.00. The number of rotatable bonds is 5. The molecule has 6 N–H and O–H groups in total. The third kappa shape index (κ3) is 4.04. The molecule has 0 spiro atoms. The molecule has 2 fully saturated rings. The average molecular weight is 277 g/mol. The number of carbonyl (C=O) groups is 2. The van der Waals surface area contributed by atoms with E-state index < -0.39 is 5.97 Å². The van der Waals surface area contributed by atoms with Crippen molar-refractivity contribution in [1.29, 1.82) is 0 Å². The van der Waals surface area contributed by atoms with Crippen molar-refractivity contribution >= 4 is 23.8 Å². The van der Waals surface area contributed by atoms with Crippen LogP contribution in [0, 0.1) is 0 Å². The molecule has 0 radical (unpaired) electrons. The number of nitrogens with two attached hydrogens (primary N) is 1. The van der Waals surface area contributed by atoms with Crippen LogP contribution in [0.15, 0.2) is 0 Å². The predicted octanol–water partition coefficient (Wildman–Crippen LogP) is 0.131. The Morgan fingerprint density at radius 2 is 2.11 bits per heavy atom. The molecule has 0 aromatic rings. The van der Waals surface area contributed by atoms with Gasteiger partial charge in [0.05, 0.1) is 12.1 Å². The summed E-state index contributed by atoms with van der Waals surface area (Å²) < 4.78 is 0. The monoisotopic (exact) mass is 277 g/mol. The van der Waals surface area contributed by atoms with E-state index in [4.69, 9.17) is 10.3 Å². The quantitative estimate of drug-likeness (QED) is 0.276. The number of carboxylic acids is 1. The number of unbranched alkanes of at least 4 members (excludes halogenated alkanes) is 1. The number of aliphatic carboxylic acids is 1. The van der Waals surface area contributed by atoms with E-state index in [-0.39, 0.29) is 24.5 Å². The molecular weight excluding hydrogens is 258 g/mol. The van der Waals surface area contributed by atoms with Crippen LogP contribution in [0.5, 0.6) is 0 Å². The van der Waals surface area contributed by atoms with Crippen molar-refractivity contribution in [3.63, 3.8) is 0 Å². The lowest BCUT2D eigenvalue weighted by atomic mass is 10.0. The van der Waals surface area contributed by atoms with Crippen LogP contribution in [-0.4, -0.2) is 45.4 Å². The van der Waals surface area contributed by atoms with Gasteiger partial charge in [0.1, 0.15) is 0 Å². The van der Waals surface area contributed by atoms with E-state index in [1.807, 2.05) is 11.8 Å². The average Bonchev–Trinajstić information content (AvgIpc) is 2.87. The summed E-state index contributed by atoms with van der Waals surface area (Å²) in [5, 5.41) is 21.3. The van der Waals surface area contributed by atoms with E-state index in [0.717, 1.165) is 25.0 Å². The molecule has 0 aliphatic carbocycles. The lowest BCUT2D eigenvalue weighted by Gasteiger charge is -2.16. The first-order valence-corrected chi connectivity index (χ1v) is 6.88. The summed E-state index contributed by atoms with van der Waals surface area (Å²) in [4.78, 5) is 21.5. The zero-order chi connectivity index (χ0) is 13.5. The Morgan fingerprint density at radius 3 is 2.78 bits per heavy atom. The number of urea groups is 1. The van der Waals surface area contributed by atoms with Crippen molar-refractivity contribution in [2.45, 2.75) is 43.0 Å². The molecule has 0 aromatic carbocycles. The molecule has 2 amide bonds. The molecule has 2 aliphatic heterocycles. The fourth-order valence-electron chi connectivity index (χ4n) is 2.26. The van der Waals surface area contributed by atoms with Crippen LogP contribution >= 0.6 is 11.8 Å². The first-order valence-electron chi connectivity index (χ1n) is 5.83. The minimum absolute atomic E-state index is 0.0640. The maximum atomic E-state index is 11.1. The van der Waals surface area contributed by atoms with Gasteiger partial charge < -0.3 is 20.9 Å². The van der Waals surface area contributed by atoms with Gasteiger partial charge in [0.25, 0.3) is 0 Å². The smallest absolute Gasteiger partial charge is 0.315 e. The Morgan fingerprint density at radius 1 is 1.39 bits per heavy atom. The van der Waals surface area contributed by atoms with Gasteiger partial charge >= 0.3 is 12.0 Å². The zero-order valence-electron chi connectivity index (χ0n) is 9.96. The van der Waals surface area contributed by atoms with E-state index in [9.17, 15) is 9.59 Å². The third-order valence-electron chi connectivity index (χ3n) is 3.07. The van der Waals surface area contributed by atoms with Crippen LogP contribution in [0.1, 0.15) is 25.7 Å². The summed E-state index contributed by atoms with van der Waals surface area (Å²) in [6.45, 7) is 0. The Labute approximate surface area is 109 Å². The zero-order valence-corrected chi connectivity index (χ0v) is 10.8. The topological polar surface area (TPSA) is 125 Å². The standard InChI is InChI=1S/C10H16N2O3S.H3NO/c13-8(14)4-2-1-3-7-9-6(5-16-7)11-10(15)12-9;1-2/h6-7,9H,1-5H2,(H,13,14)(H2,11,12,15);2H,1H2/t6-,7-,9-;/m0./s1. The van der Waals surface area contributed by atoms with Crippen LogP contribution in [0.2, 0.25) is 0 Å². The fraction of sp³-hybridized carbons (Fsp3) is 0.800. The summed E-state index contributed by atoms with van der Waals surface area (Å²) in [7, 11) is 0. The lowest BCUT2D eigenvalue weighted by molar-refractivity contribution is -0.137. The third-order valence-corrected chi connectivity index (χ3v) is 4.58. The molecule has 8 heteroatoms. The van der Waals surface area contributed by atoms with Crippen molar-refractivity contribution in [2.75, 3.05) is 5.75 Å². The molecular formula is C10H19N3O4S. The lowest BCUT2D eigenvalue weighted by Crippen LogP contribution is -2.36. The molecule has 0 bridgehead atoms. The van der Waals surface area contributed by atoms with E-state index in [1.165, 1.54) is 0 Å². The maximum absolute atomic E-state index is 11.1. The van der Waals surface area contributed by atoms with E-state index in [2.05, 4.69) is 16.5 Å². The molecule has 104 valence electrons. The molecule has 18 heavy (non-hydrogen) atoms. The number of amides is 2. The summed E-state index contributed by atoms with van der Waals surface area (Å²) in [5.41, 5.74) is 0. The Kier molecular flexibility index (Phi) is 6.23. The van der Waals surface area contributed by atoms with Gasteiger partial charge in [-0.05, 0) is 12.8 Å². The number of hydrogen-bond acceptors (Lipinski definition) is 5. The number of nitrogens with one attached hydrogen (secondary N) is 2. The molecule has 2 saturated heterocycles. The summed E-state index contributed by atoms with van der Waals surface area (Å²) in [6, 6.07) is 0.440. The number of hydrogen-bond donors (Lipinski definition) is 5. The van der Waals surface area contributed by atoms with Crippen LogP contribution in [0.25, 0.3) is 0 Å². The fourth-order valence-corrected chi connectivity index (χ4v) is 3.81. The second-order valence-corrected chi connectivity index (χ2v) is 5.53. The van der Waals surface area contributed by atoms with Crippen LogP contribution in [0.3, 0.4) is 0 Å². The van der Waals surface area contributed by atoms with Crippen molar-refractivity contribution < 1.29 is 19.9 Å². The summed E-state index contributed by atoms with van der Waals surface area (Å²) >= 11 is 1.87. The molecule has 2 rings (SSSR count). The normalized spacial score (nSPS) is 28.8. The molecule has 2 heterocycles.